The van der Waals surface area contributed by atoms with Crippen LogP contribution in [0.25, 0.3) is 22.1 Å². The fraction of sp³-hybridized carbons (Fsp3) is 0.200. The molecule has 2 aromatic carbocycles. The normalized spacial score (nSPS) is 12.4. The predicted molar refractivity (Wildman–Crippen MR) is 109 cm³/mol. The molecule has 4 aromatic rings. The molecule has 5 nitrogen and oxygen atoms in total. The lowest BCUT2D eigenvalue weighted by atomic mass is 10.1. The minimum atomic E-state index is -0.122. The van der Waals surface area contributed by atoms with Gasteiger partial charge in [0.25, 0.3) is 5.56 Å². The topological polar surface area (TPSA) is 63.8 Å². The molecule has 0 saturated heterocycles. The number of rotatable bonds is 3. The summed E-state index contributed by atoms with van der Waals surface area (Å²) in [6, 6.07) is 7.26. The molecule has 0 aliphatic carbocycles. The van der Waals surface area contributed by atoms with E-state index in [1.807, 2.05) is 32.9 Å². The van der Waals surface area contributed by atoms with Gasteiger partial charge in [-0.3, -0.25) is 4.79 Å². The van der Waals surface area contributed by atoms with Crippen LogP contribution in [0.1, 0.15) is 23.6 Å². The molecule has 0 radical (unpaired) electrons. The fourth-order valence-corrected chi connectivity index (χ4v) is 4.22. The highest BCUT2D eigenvalue weighted by atomic mass is 35.5. The maximum atomic E-state index is 13.0. The van der Waals surface area contributed by atoms with Crippen LogP contribution in [0, 0.1) is 13.8 Å². The van der Waals surface area contributed by atoms with Gasteiger partial charge in [0.15, 0.2) is 16.5 Å². The van der Waals surface area contributed by atoms with E-state index in [9.17, 15) is 9.90 Å². The molecular formula is C20H17ClN2O3S. The summed E-state index contributed by atoms with van der Waals surface area (Å²) < 4.78 is 7.59. The summed E-state index contributed by atoms with van der Waals surface area (Å²) in [4.78, 5) is 18.2. The molecule has 0 atom stereocenters. The number of aryl methyl sites for hydroxylation is 2. The van der Waals surface area contributed by atoms with E-state index in [2.05, 4.69) is 4.98 Å². The first-order valence-electron chi connectivity index (χ1n) is 8.48. The van der Waals surface area contributed by atoms with Gasteiger partial charge in [0, 0.05) is 0 Å². The second-order valence-corrected chi connectivity index (χ2v) is 7.77. The van der Waals surface area contributed by atoms with Crippen molar-refractivity contribution in [3.63, 3.8) is 0 Å². The molecule has 7 heteroatoms. The second-order valence-electron chi connectivity index (χ2n) is 6.35. The lowest BCUT2D eigenvalue weighted by Gasteiger charge is -2.08. The minimum Gasteiger partial charge on any atom is -0.503 e. The quantitative estimate of drug-likeness (QED) is 0.567. The number of imidazole rings is 1. The molecule has 0 bridgehead atoms. The van der Waals surface area contributed by atoms with Gasteiger partial charge in [-0.15, -0.1) is 0 Å². The van der Waals surface area contributed by atoms with Gasteiger partial charge in [-0.1, -0.05) is 22.9 Å². The molecule has 0 unspecified atom stereocenters. The van der Waals surface area contributed by atoms with Crippen LogP contribution >= 0.6 is 22.9 Å². The Morgan fingerprint density at radius 3 is 2.74 bits per heavy atom. The summed E-state index contributed by atoms with van der Waals surface area (Å²) in [5, 5.41) is 10.2. The fourth-order valence-electron chi connectivity index (χ4n) is 3.01. The predicted octanol–water partition coefficient (Wildman–Crippen LogP) is 3.83. The Morgan fingerprint density at radius 1 is 1.26 bits per heavy atom. The van der Waals surface area contributed by atoms with Gasteiger partial charge in [0.1, 0.15) is 0 Å². The van der Waals surface area contributed by atoms with Crippen molar-refractivity contribution in [2.75, 3.05) is 6.61 Å². The van der Waals surface area contributed by atoms with Crippen LogP contribution in [0.2, 0.25) is 5.02 Å². The highest BCUT2D eigenvalue weighted by molar-refractivity contribution is 7.15. The maximum absolute atomic E-state index is 13.0. The molecule has 0 fully saturated rings. The molecule has 1 N–H and O–H groups in total. The molecular weight excluding hydrogens is 384 g/mol. The first-order valence-corrected chi connectivity index (χ1v) is 9.67. The van der Waals surface area contributed by atoms with Gasteiger partial charge in [-0.2, -0.15) is 0 Å². The number of ether oxygens (including phenoxy) is 1. The number of phenols is 1. The summed E-state index contributed by atoms with van der Waals surface area (Å²) in [7, 11) is 0. The van der Waals surface area contributed by atoms with Crippen molar-refractivity contribution in [3.8, 4) is 11.5 Å². The number of hydrogen-bond acceptors (Lipinski definition) is 5. The van der Waals surface area contributed by atoms with Crippen molar-refractivity contribution >= 4 is 45.0 Å². The summed E-state index contributed by atoms with van der Waals surface area (Å²) in [6.45, 7) is 6.27. The average Bonchev–Trinajstić information content (AvgIpc) is 3.10. The maximum Gasteiger partial charge on any atom is 0.274 e. The molecule has 0 saturated carbocycles. The van der Waals surface area contributed by atoms with Crippen molar-refractivity contribution in [2.45, 2.75) is 20.8 Å². The number of thiazole rings is 1. The Morgan fingerprint density at radius 2 is 2.00 bits per heavy atom. The summed E-state index contributed by atoms with van der Waals surface area (Å²) >= 11 is 7.41. The zero-order valence-electron chi connectivity index (χ0n) is 15.0. The Bertz CT molecular complexity index is 1310. The van der Waals surface area contributed by atoms with Crippen molar-refractivity contribution < 1.29 is 9.84 Å². The Hall–Kier alpha value is -2.57. The van der Waals surface area contributed by atoms with Crippen molar-refractivity contribution in [1.29, 1.82) is 0 Å². The lowest BCUT2D eigenvalue weighted by Crippen LogP contribution is -2.22. The van der Waals surface area contributed by atoms with Crippen LogP contribution < -0.4 is 14.8 Å². The Kier molecular flexibility index (Phi) is 4.32. The van der Waals surface area contributed by atoms with E-state index in [0.29, 0.717) is 27.4 Å². The molecule has 27 heavy (non-hydrogen) atoms. The van der Waals surface area contributed by atoms with Crippen molar-refractivity contribution in [3.05, 3.63) is 60.9 Å². The zero-order chi connectivity index (χ0) is 19.3. The zero-order valence-corrected chi connectivity index (χ0v) is 16.6. The SMILES string of the molecule is CCOc1cc(/C=c2/sc3nc4cc(C)c(C)cc4n3c2=O)cc(Cl)c1O. The minimum absolute atomic E-state index is 0.101. The van der Waals surface area contributed by atoms with Crippen LogP contribution in [0.3, 0.4) is 0 Å². The molecule has 2 aromatic heterocycles. The monoisotopic (exact) mass is 400 g/mol. The molecule has 0 amide bonds. The molecule has 0 aliphatic heterocycles. The van der Waals surface area contributed by atoms with Crippen molar-refractivity contribution in [2.24, 2.45) is 0 Å². The van der Waals surface area contributed by atoms with E-state index in [1.54, 1.807) is 22.6 Å². The number of halogens is 1. The Balaban J connectivity index is 1.93. The van der Waals surface area contributed by atoms with Crippen molar-refractivity contribution in [1.82, 2.24) is 9.38 Å². The largest absolute Gasteiger partial charge is 0.503 e. The molecule has 0 spiro atoms. The number of benzene rings is 2. The average molecular weight is 401 g/mol. The third-order valence-corrected chi connectivity index (χ3v) is 5.76. The highest BCUT2D eigenvalue weighted by Gasteiger charge is 2.13. The van der Waals surface area contributed by atoms with Crippen LogP contribution in [0.5, 0.6) is 11.5 Å². The van der Waals surface area contributed by atoms with E-state index in [0.717, 1.165) is 22.2 Å². The number of hydrogen-bond donors (Lipinski definition) is 1. The number of phenolic OH excluding ortho intramolecular Hbond substituents is 1. The van der Waals surface area contributed by atoms with Gasteiger partial charge in [-0.05, 0) is 67.8 Å². The van der Waals surface area contributed by atoms with Gasteiger partial charge in [0.05, 0.1) is 27.2 Å². The van der Waals surface area contributed by atoms with E-state index in [1.165, 1.54) is 11.3 Å². The summed E-state index contributed by atoms with van der Waals surface area (Å²) in [6.07, 6.45) is 1.74. The van der Waals surface area contributed by atoms with Gasteiger partial charge >= 0.3 is 0 Å². The standard InChI is InChI=1S/C20H17ClN2O3S/c1-4-26-16-8-12(7-13(21)18(16)24)9-17-19(25)23-15-6-11(3)10(2)5-14(15)22-20(23)27-17/h5-9,24H,4H2,1-3H3/b17-9+. The van der Waals surface area contributed by atoms with E-state index in [4.69, 9.17) is 16.3 Å². The third-order valence-electron chi connectivity index (χ3n) is 4.50. The van der Waals surface area contributed by atoms with Crippen LogP contribution in [-0.2, 0) is 0 Å². The van der Waals surface area contributed by atoms with E-state index in [-0.39, 0.29) is 16.3 Å². The van der Waals surface area contributed by atoms with Crippen LogP contribution in [0.4, 0.5) is 0 Å². The summed E-state index contributed by atoms with van der Waals surface area (Å²) in [5.74, 6) is 0.192. The van der Waals surface area contributed by atoms with E-state index >= 15 is 0 Å². The summed E-state index contributed by atoms with van der Waals surface area (Å²) in [5.41, 5.74) is 4.45. The smallest absolute Gasteiger partial charge is 0.274 e. The Labute approximate surface area is 164 Å². The third kappa shape index (κ3) is 2.95. The van der Waals surface area contributed by atoms with Gasteiger partial charge in [-0.25, -0.2) is 9.38 Å². The molecule has 2 heterocycles. The number of nitrogens with zero attached hydrogens (tertiary/aromatic N) is 2. The molecule has 138 valence electrons. The first-order chi connectivity index (χ1) is 12.9. The number of aromatic nitrogens is 2. The number of aromatic hydroxyl groups is 1. The van der Waals surface area contributed by atoms with Crippen LogP contribution in [-0.4, -0.2) is 21.1 Å². The first kappa shape index (κ1) is 17.8. The highest BCUT2D eigenvalue weighted by Crippen LogP contribution is 2.35. The lowest BCUT2D eigenvalue weighted by molar-refractivity contribution is 0.318. The van der Waals surface area contributed by atoms with Crippen LogP contribution in [0.15, 0.2) is 29.1 Å². The van der Waals surface area contributed by atoms with Gasteiger partial charge in [0.2, 0.25) is 0 Å². The van der Waals surface area contributed by atoms with E-state index < -0.39 is 0 Å². The molecule has 4 rings (SSSR count). The van der Waals surface area contributed by atoms with Gasteiger partial charge < -0.3 is 9.84 Å². The second kappa shape index (κ2) is 6.55. The number of fused-ring (bicyclic) bond motifs is 3. The molecule has 0 aliphatic rings.